The number of hydrogen-bond donors (Lipinski definition) is 1. The van der Waals surface area contributed by atoms with Crippen LogP contribution in [0.15, 0.2) is 20.5 Å². The van der Waals surface area contributed by atoms with E-state index in [1.54, 1.807) is 12.1 Å². The van der Waals surface area contributed by atoms with E-state index in [0.717, 1.165) is 4.47 Å². The van der Waals surface area contributed by atoms with Crippen molar-refractivity contribution in [3.05, 3.63) is 25.6 Å². The summed E-state index contributed by atoms with van der Waals surface area (Å²) in [7, 11) is 1.47. The Morgan fingerprint density at radius 3 is 2.87 bits per heavy atom. The summed E-state index contributed by atoms with van der Waals surface area (Å²) in [5.74, 6) is 0.0338. The summed E-state index contributed by atoms with van der Waals surface area (Å²) in [5.41, 5.74) is 0.00940. The number of amides is 1. The molecule has 0 radical (unpaired) electrons. The van der Waals surface area contributed by atoms with Gasteiger partial charge in [0.15, 0.2) is 3.77 Å². The van der Waals surface area contributed by atoms with Crippen molar-refractivity contribution in [3.63, 3.8) is 0 Å². The summed E-state index contributed by atoms with van der Waals surface area (Å²) in [6.45, 7) is 0. The van der Waals surface area contributed by atoms with Crippen LogP contribution in [0.25, 0.3) is 6.08 Å². The number of carbonyl (C=O) groups excluding carboxylic acids is 1. The molecule has 0 aliphatic heterocycles. The Morgan fingerprint density at radius 2 is 2.47 bits per heavy atom. The van der Waals surface area contributed by atoms with Crippen molar-refractivity contribution in [3.8, 4) is 6.07 Å². The smallest absolute Gasteiger partial charge is 0.261 e. The third-order valence-corrected chi connectivity index (χ3v) is 3.67. The first-order chi connectivity index (χ1) is 7.08. The average Bonchev–Trinajstić information content (AvgIpc) is 2.53. The van der Waals surface area contributed by atoms with Crippen molar-refractivity contribution in [2.75, 3.05) is 7.05 Å². The number of nitrogens with one attached hydrogen (secondary N) is 1. The van der Waals surface area contributed by atoms with Gasteiger partial charge in [0.2, 0.25) is 0 Å². The predicted octanol–water partition coefficient (Wildman–Crippen LogP) is 2.30. The van der Waals surface area contributed by atoms with Crippen molar-refractivity contribution in [2.45, 2.75) is 0 Å². The van der Waals surface area contributed by atoms with Crippen LogP contribution < -0.4 is 5.32 Å². The fourth-order valence-electron chi connectivity index (χ4n) is 0.860. The first kappa shape index (κ1) is 12.3. The molecule has 1 N–H and O–H groups in total. The Bertz CT molecular complexity index is 440. The summed E-state index contributed by atoms with van der Waals surface area (Å²) in [5, 5.41) is 11.1. The Hall–Kier alpha value is -0.810. The number of likely N-dealkylation sites (N-methyl/N-ethyl adjacent to an activating group) is 1. The van der Waals surface area contributed by atoms with Crippen LogP contribution in [-0.4, -0.2) is 13.0 Å². The highest BCUT2D eigenvalue weighted by Gasteiger charge is 2.09. The molecular weight excluding hydrogens is 375 g/mol. The summed E-state index contributed by atoms with van der Waals surface area (Å²) >= 11 is 5.27. The molecule has 0 atom stereocenters. The number of halogens is 2. The highest BCUT2D eigenvalue weighted by atomic mass is 127. The minimum absolute atomic E-state index is 0.00940. The highest BCUT2D eigenvalue weighted by molar-refractivity contribution is 14.1. The second kappa shape index (κ2) is 5.32. The zero-order valence-electron chi connectivity index (χ0n) is 7.67. The number of nitriles is 1. The average molecular weight is 381 g/mol. The minimum Gasteiger partial charge on any atom is -0.450 e. The van der Waals surface area contributed by atoms with E-state index < -0.39 is 5.91 Å². The van der Waals surface area contributed by atoms with Gasteiger partial charge in [-0.3, -0.25) is 4.79 Å². The lowest BCUT2D eigenvalue weighted by Crippen LogP contribution is -2.18. The highest BCUT2D eigenvalue weighted by Crippen LogP contribution is 2.24. The molecule has 0 aliphatic carbocycles. The minimum atomic E-state index is -0.431. The molecule has 0 aliphatic rings. The van der Waals surface area contributed by atoms with Crippen LogP contribution in [0.4, 0.5) is 0 Å². The quantitative estimate of drug-likeness (QED) is 0.486. The largest absolute Gasteiger partial charge is 0.450 e. The number of nitrogens with zero attached hydrogens (tertiary/aromatic N) is 1. The molecule has 4 nitrogen and oxygen atoms in total. The van der Waals surface area contributed by atoms with E-state index in [1.807, 2.05) is 22.6 Å². The van der Waals surface area contributed by atoms with Crippen LogP contribution in [-0.2, 0) is 4.79 Å². The Morgan fingerprint density at radius 1 is 1.80 bits per heavy atom. The van der Waals surface area contributed by atoms with Crippen LogP contribution >= 0.6 is 38.5 Å². The molecule has 0 aromatic carbocycles. The zero-order chi connectivity index (χ0) is 11.4. The maximum Gasteiger partial charge on any atom is 0.261 e. The van der Waals surface area contributed by atoms with Gasteiger partial charge in [0, 0.05) is 35.7 Å². The molecule has 0 saturated carbocycles. The molecule has 1 aromatic rings. The molecule has 0 fully saturated rings. The molecule has 15 heavy (non-hydrogen) atoms. The maximum absolute atomic E-state index is 11.2. The topological polar surface area (TPSA) is 66.0 Å². The van der Waals surface area contributed by atoms with Crippen molar-refractivity contribution in [1.82, 2.24) is 5.32 Å². The van der Waals surface area contributed by atoms with Crippen LogP contribution in [0.3, 0.4) is 0 Å². The Labute approximate surface area is 109 Å². The van der Waals surface area contributed by atoms with E-state index in [1.165, 1.54) is 13.1 Å². The van der Waals surface area contributed by atoms with E-state index in [4.69, 9.17) is 9.68 Å². The SMILES string of the molecule is CNC(=O)/C(C#N)=C\c1cc(Br)c(I)o1. The van der Waals surface area contributed by atoms with Crippen LogP contribution in [0, 0.1) is 15.1 Å². The van der Waals surface area contributed by atoms with E-state index in [2.05, 4.69) is 21.2 Å². The molecule has 78 valence electrons. The van der Waals surface area contributed by atoms with Gasteiger partial charge < -0.3 is 9.73 Å². The molecule has 0 saturated heterocycles. The van der Waals surface area contributed by atoms with Crippen molar-refractivity contribution in [2.24, 2.45) is 0 Å². The fraction of sp³-hybridized carbons (Fsp3) is 0.111. The lowest BCUT2D eigenvalue weighted by molar-refractivity contribution is -0.116. The monoisotopic (exact) mass is 380 g/mol. The molecule has 6 heteroatoms. The van der Waals surface area contributed by atoms with Crippen LogP contribution in [0.1, 0.15) is 5.76 Å². The molecular formula is C9H6BrIN2O2. The van der Waals surface area contributed by atoms with E-state index in [-0.39, 0.29) is 5.57 Å². The molecule has 0 unspecified atom stereocenters. The summed E-state index contributed by atoms with van der Waals surface area (Å²) in [6.07, 6.45) is 1.39. The lowest BCUT2D eigenvalue weighted by atomic mass is 10.2. The summed E-state index contributed by atoms with van der Waals surface area (Å²) in [6, 6.07) is 3.50. The molecule has 1 amide bonds. The lowest BCUT2D eigenvalue weighted by Gasteiger charge is -1.94. The molecule has 0 bridgehead atoms. The van der Waals surface area contributed by atoms with Crippen molar-refractivity contribution >= 4 is 50.5 Å². The molecule has 0 spiro atoms. The number of rotatable bonds is 2. The second-order valence-electron chi connectivity index (χ2n) is 2.52. The van der Waals surface area contributed by atoms with Gasteiger partial charge in [-0.15, -0.1) is 0 Å². The van der Waals surface area contributed by atoms with E-state index in [9.17, 15) is 4.79 Å². The van der Waals surface area contributed by atoms with Gasteiger partial charge in [0.05, 0.1) is 4.47 Å². The summed E-state index contributed by atoms with van der Waals surface area (Å²) < 4.78 is 6.74. The Kier molecular flexibility index (Phi) is 4.35. The molecule has 1 aromatic heterocycles. The van der Waals surface area contributed by atoms with Gasteiger partial charge in [0.25, 0.3) is 5.91 Å². The predicted molar refractivity (Wildman–Crippen MR) is 66.8 cm³/mol. The van der Waals surface area contributed by atoms with Crippen molar-refractivity contribution in [1.29, 1.82) is 5.26 Å². The standard InChI is InChI=1S/C9H6BrIN2O2/c1-13-9(14)5(4-12)2-6-3-7(10)8(11)15-6/h2-3H,1H3,(H,13,14)/b5-2-. The summed E-state index contributed by atoms with van der Waals surface area (Å²) in [4.78, 5) is 11.2. The first-order valence-electron chi connectivity index (χ1n) is 3.87. The Balaban J connectivity index is 3.05. The van der Waals surface area contributed by atoms with Gasteiger partial charge in [-0.1, -0.05) is 0 Å². The fourth-order valence-corrected chi connectivity index (χ4v) is 1.58. The second-order valence-corrected chi connectivity index (χ2v) is 4.35. The normalized spacial score (nSPS) is 10.9. The third kappa shape index (κ3) is 3.07. The van der Waals surface area contributed by atoms with E-state index >= 15 is 0 Å². The number of carbonyl (C=O) groups is 1. The number of furan rings is 1. The van der Waals surface area contributed by atoms with Gasteiger partial charge in [-0.25, -0.2) is 0 Å². The van der Waals surface area contributed by atoms with E-state index in [0.29, 0.717) is 9.53 Å². The van der Waals surface area contributed by atoms with Crippen LogP contribution in [0.5, 0.6) is 0 Å². The van der Waals surface area contributed by atoms with Crippen molar-refractivity contribution < 1.29 is 9.21 Å². The van der Waals surface area contributed by atoms with Crippen LogP contribution in [0.2, 0.25) is 0 Å². The number of hydrogen-bond acceptors (Lipinski definition) is 3. The van der Waals surface area contributed by atoms with Gasteiger partial charge in [-0.2, -0.15) is 5.26 Å². The van der Waals surface area contributed by atoms with Gasteiger partial charge >= 0.3 is 0 Å². The molecule has 1 heterocycles. The zero-order valence-corrected chi connectivity index (χ0v) is 11.4. The van der Waals surface area contributed by atoms with Gasteiger partial charge in [0.1, 0.15) is 17.4 Å². The maximum atomic E-state index is 11.2. The van der Waals surface area contributed by atoms with Gasteiger partial charge in [-0.05, 0) is 22.0 Å². The third-order valence-electron chi connectivity index (χ3n) is 1.54. The first-order valence-corrected chi connectivity index (χ1v) is 5.74. The molecule has 1 rings (SSSR count).